The Morgan fingerprint density at radius 2 is 2.06 bits per heavy atom. The van der Waals surface area contributed by atoms with Crippen molar-refractivity contribution in [2.75, 3.05) is 11.4 Å². The van der Waals surface area contributed by atoms with E-state index in [2.05, 4.69) is 49.2 Å². The van der Waals surface area contributed by atoms with Crippen molar-refractivity contribution in [3.05, 3.63) is 54.1 Å². The van der Waals surface area contributed by atoms with Crippen LogP contribution in [0.25, 0.3) is 5.69 Å². The quantitative estimate of drug-likeness (QED) is 0.469. The number of nitrogens with zero attached hydrogens (tertiary/aromatic N) is 6. The summed E-state index contributed by atoms with van der Waals surface area (Å²) in [7, 11) is -1.31. The van der Waals surface area contributed by atoms with Crippen molar-refractivity contribution in [3.8, 4) is 5.69 Å². The lowest BCUT2D eigenvalue weighted by atomic mass is 9.87. The number of halogens is 1. The maximum absolute atomic E-state index is 15.1. The molecule has 1 amide bonds. The van der Waals surface area contributed by atoms with Crippen LogP contribution in [0.15, 0.2) is 36.9 Å². The highest BCUT2D eigenvalue weighted by Gasteiger charge is 2.33. The molecule has 1 unspecified atom stereocenters. The van der Waals surface area contributed by atoms with Gasteiger partial charge in [0, 0.05) is 12.4 Å². The van der Waals surface area contributed by atoms with Crippen LogP contribution >= 0.6 is 0 Å². The Kier molecular flexibility index (Phi) is 6.59. The number of aromatic nitrogens is 5. The molecule has 9 nitrogen and oxygen atoms in total. The number of carbonyl (C=O) groups is 1. The first-order valence-corrected chi connectivity index (χ1v) is 14.1. The minimum atomic E-state index is -1.31. The Morgan fingerprint density at radius 3 is 2.68 bits per heavy atom. The SMILES string of the molecule is Cc1cn(C[C@H]2CN(c3ccc(-n4cnc(C(O[SiH](C)C)C(C)(C)C)c4)c(F)c3)C(=O)O2)nn1. The standard InChI is InChI=1S/C23H31FN6O3Si/c1-15-10-29(27-26-15)11-17-12-30(22(31)32-17)16-7-8-20(18(24)9-16)28-13-19(25-14-28)21(23(2,3)4)33-34(5)6/h7-10,13-14,17,21,34H,11-12H2,1-6H3/t17-,21?/m0/s1. The summed E-state index contributed by atoms with van der Waals surface area (Å²) in [6.07, 6.45) is 4.10. The van der Waals surface area contributed by atoms with Crippen LogP contribution in [0.4, 0.5) is 14.9 Å². The molecule has 0 bridgehead atoms. The topological polar surface area (TPSA) is 87.3 Å². The minimum Gasteiger partial charge on any atom is -0.442 e. The predicted octanol–water partition coefficient (Wildman–Crippen LogP) is 4.02. The summed E-state index contributed by atoms with van der Waals surface area (Å²) in [5.74, 6) is -0.462. The Labute approximate surface area is 200 Å². The van der Waals surface area contributed by atoms with Crippen molar-refractivity contribution in [1.29, 1.82) is 0 Å². The lowest BCUT2D eigenvalue weighted by molar-refractivity contribution is 0.0830. The molecule has 0 radical (unpaired) electrons. The molecule has 34 heavy (non-hydrogen) atoms. The Hall–Kier alpha value is -3.05. The van der Waals surface area contributed by atoms with E-state index >= 15 is 4.39 Å². The number of rotatable bonds is 7. The van der Waals surface area contributed by atoms with Crippen LogP contribution in [0.1, 0.15) is 38.3 Å². The number of ether oxygens (including phenoxy) is 1. The van der Waals surface area contributed by atoms with Gasteiger partial charge in [-0.3, -0.25) is 4.90 Å². The molecule has 11 heteroatoms. The Morgan fingerprint density at radius 1 is 1.29 bits per heavy atom. The number of anilines is 1. The van der Waals surface area contributed by atoms with Crippen LogP contribution in [0.3, 0.4) is 0 Å². The lowest BCUT2D eigenvalue weighted by Gasteiger charge is -2.31. The second kappa shape index (κ2) is 9.30. The van der Waals surface area contributed by atoms with Crippen LogP contribution in [-0.2, 0) is 15.7 Å². The van der Waals surface area contributed by atoms with Gasteiger partial charge in [0.15, 0.2) is 9.04 Å². The van der Waals surface area contributed by atoms with Gasteiger partial charge in [0.05, 0.1) is 48.3 Å². The zero-order valence-electron chi connectivity index (χ0n) is 20.4. The summed E-state index contributed by atoms with van der Waals surface area (Å²) in [6.45, 7) is 13.1. The number of hydrogen-bond donors (Lipinski definition) is 0. The van der Waals surface area contributed by atoms with E-state index in [9.17, 15) is 4.79 Å². The second-order valence-corrected chi connectivity index (χ2v) is 12.3. The van der Waals surface area contributed by atoms with E-state index in [1.165, 1.54) is 11.0 Å². The van der Waals surface area contributed by atoms with Gasteiger partial charge in [-0.25, -0.2) is 18.9 Å². The summed E-state index contributed by atoms with van der Waals surface area (Å²) in [5.41, 5.74) is 2.19. The molecule has 1 aromatic carbocycles. The van der Waals surface area contributed by atoms with Gasteiger partial charge in [0.1, 0.15) is 11.9 Å². The molecular weight excluding hydrogens is 455 g/mol. The smallest absolute Gasteiger partial charge is 0.414 e. The first-order valence-electron chi connectivity index (χ1n) is 11.4. The first kappa shape index (κ1) is 24.1. The average molecular weight is 487 g/mol. The second-order valence-electron chi connectivity index (χ2n) is 9.97. The highest BCUT2D eigenvalue weighted by Crippen LogP contribution is 2.36. The average Bonchev–Trinajstić information content (AvgIpc) is 3.46. The van der Waals surface area contributed by atoms with Crippen molar-refractivity contribution in [1.82, 2.24) is 24.5 Å². The molecule has 182 valence electrons. The van der Waals surface area contributed by atoms with Crippen molar-refractivity contribution in [2.24, 2.45) is 5.41 Å². The van der Waals surface area contributed by atoms with E-state index in [1.807, 2.05) is 13.1 Å². The van der Waals surface area contributed by atoms with Crippen molar-refractivity contribution < 1.29 is 18.3 Å². The summed E-state index contributed by atoms with van der Waals surface area (Å²) < 4.78 is 30.1. The van der Waals surface area contributed by atoms with Gasteiger partial charge in [-0.1, -0.05) is 26.0 Å². The molecule has 1 aliphatic rings. The van der Waals surface area contributed by atoms with Crippen molar-refractivity contribution in [3.63, 3.8) is 0 Å². The van der Waals surface area contributed by atoms with Gasteiger partial charge in [-0.2, -0.15) is 0 Å². The zero-order valence-corrected chi connectivity index (χ0v) is 21.6. The summed E-state index contributed by atoms with van der Waals surface area (Å²) >= 11 is 0. The van der Waals surface area contributed by atoms with Crippen molar-refractivity contribution >= 4 is 20.8 Å². The van der Waals surface area contributed by atoms with Crippen LogP contribution < -0.4 is 4.90 Å². The van der Waals surface area contributed by atoms with E-state index in [0.717, 1.165) is 11.4 Å². The zero-order chi connectivity index (χ0) is 24.6. The predicted molar refractivity (Wildman–Crippen MR) is 128 cm³/mol. The molecule has 0 aliphatic carbocycles. The molecule has 4 rings (SSSR count). The number of aryl methyl sites for hydroxylation is 1. The monoisotopic (exact) mass is 486 g/mol. The number of hydrogen-bond acceptors (Lipinski definition) is 6. The summed E-state index contributed by atoms with van der Waals surface area (Å²) in [4.78, 5) is 18.4. The van der Waals surface area contributed by atoms with Gasteiger partial charge in [0.25, 0.3) is 0 Å². The van der Waals surface area contributed by atoms with Crippen LogP contribution in [0.2, 0.25) is 13.1 Å². The fraction of sp³-hybridized carbons (Fsp3) is 0.478. The third-order valence-corrected chi connectivity index (χ3v) is 6.32. The van der Waals surface area contributed by atoms with Crippen LogP contribution in [0, 0.1) is 18.2 Å². The normalized spacial score (nSPS) is 17.5. The van der Waals surface area contributed by atoms with Gasteiger partial charge < -0.3 is 13.7 Å². The molecule has 1 aliphatic heterocycles. The molecule has 1 saturated heterocycles. The maximum Gasteiger partial charge on any atom is 0.414 e. The molecule has 3 aromatic rings. The summed E-state index contributed by atoms with van der Waals surface area (Å²) in [6, 6.07) is 4.69. The molecule has 0 saturated carbocycles. The van der Waals surface area contributed by atoms with E-state index in [-0.39, 0.29) is 11.5 Å². The fourth-order valence-corrected chi connectivity index (χ4v) is 5.08. The number of amides is 1. The number of benzene rings is 1. The van der Waals surface area contributed by atoms with Gasteiger partial charge >= 0.3 is 6.09 Å². The highest BCUT2D eigenvalue weighted by molar-refractivity contribution is 6.48. The van der Waals surface area contributed by atoms with E-state index in [1.54, 1.807) is 33.9 Å². The van der Waals surface area contributed by atoms with Crippen LogP contribution in [-0.4, -0.2) is 52.3 Å². The molecule has 3 heterocycles. The van der Waals surface area contributed by atoms with Gasteiger partial charge in [0.2, 0.25) is 0 Å². The largest absolute Gasteiger partial charge is 0.442 e. The third kappa shape index (κ3) is 5.20. The molecule has 0 N–H and O–H groups in total. The minimum absolute atomic E-state index is 0.142. The third-order valence-electron chi connectivity index (χ3n) is 5.51. The van der Waals surface area contributed by atoms with Gasteiger partial charge in [-0.05, 0) is 43.6 Å². The van der Waals surface area contributed by atoms with Crippen LogP contribution in [0.5, 0.6) is 0 Å². The lowest BCUT2D eigenvalue weighted by Crippen LogP contribution is -2.26. The van der Waals surface area contributed by atoms with E-state index in [0.29, 0.717) is 24.5 Å². The number of carbonyl (C=O) groups excluding carboxylic acids is 1. The van der Waals surface area contributed by atoms with E-state index in [4.69, 9.17) is 9.16 Å². The number of imidazole rings is 1. The molecule has 2 atom stereocenters. The first-order chi connectivity index (χ1) is 16.0. The molecule has 2 aromatic heterocycles. The number of cyclic esters (lactones) is 1. The molecular formula is C23H31FN6O3Si. The maximum atomic E-state index is 15.1. The Bertz CT molecular complexity index is 1170. The molecule has 1 fully saturated rings. The fourth-order valence-electron chi connectivity index (χ4n) is 3.99. The van der Waals surface area contributed by atoms with Crippen molar-refractivity contribution in [2.45, 2.75) is 59.5 Å². The summed E-state index contributed by atoms with van der Waals surface area (Å²) in [5, 5.41) is 7.93. The van der Waals surface area contributed by atoms with E-state index < -0.39 is 27.1 Å². The Balaban J connectivity index is 1.51. The van der Waals surface area contributed by atoms with Gasteiger partial charge in [-0.15, -0.1) is 5.10 Å². The molecule has 0 spiro atoms. The highest BCUT2D eigenvalue weighted by atomic mass is 28.3.